The lowest BCUT2D eigenvalue weighted by Crippen LogP contribution is -2.26. The lowest BCUT2D eigenvalue weighted by molar-refractivity contribution is 0.153. The van der Waals surface area contributed by atoms with Crippen molar-refractivity contribution < 1.29 is 9.13 Å². The highest BCUT2D eigenvalue weighted by Crippen LogP contribution is 2.40. The average Bonchev–Trinajstić information content (AvgIpc) is 2.95. The van der Waals surface area contributed by atoms with E-state index in [0.717, 1.165) is 17.5 Å². The van der Waals surface area contributed by atoms with Crippen LogP contribution in [0.4, 0.5) is 4.39 Å². The molecule has 0 spiro atoms. The summed E-state index contributed by atoms with van der Waals surface area (Å²) in [5, 5.41) is 7.64. The lowest BCUT2D eigenvalue weighted by Gasteiger charge is -2.31. The van der Waals surface area contributed by atoms with Crippen LogP contribution in [0.2, 0.25) is 0 Å². The van der Waals surface area contributed by atoms with E-state index in [-0.39, 0.29) is 18.0 Å². The van der Waals surface area contributed by atoms with Gasteiger partial charge in [0, 0.05) is 41.9 Å². The van der Waals surface area contributed by atoms with Crippen LogP contribution in [0.5, 0.6) is 5.75 Å². The minimum atomic E-state index is -0.276. The van der Waals surface area contributed by atoms with Crippen molar-refractivity contribution in [2.75, 3.05) is 7.05 Å². The van der Waals surface area contributed by atoms with Gasteiger partial charge in [-0.25, -0.2) is 4.39 Å². The van der Waals surface area contributed by atoms with E-state index in [0.29, 0.717) is 11.8 Å². The first-order valence-corrected chi connectivity index (χ1v) is 7.26. The van der Waals surface area contributed by atoms with Crippen LogP contribution in [0.25, 0.3) is 0 Å². The Morgan fingerprint density at radius 3 is 2.90 bits per heavy atom. The fourth-order valence-electron chi connectivity index (χ4n) is 2.72. The van der Waals surface area contributed by atoms with Crippen LogP contribution >= 0.6 is 0 Å². The summed E-state index contributed by atoms with van der Waals surface area (Å²) in [4.78, 5) is 0. The van der Waals surface area contributed by atoms with Crippen LogP contribution in [-0.2, 0) is 0 Å². The summed E-state index contributed by atoms with van der Waals surface area (Å²) in [6.07, 6.45) is 4.54. The third-order valence-electron chi connectivity index (χ3n) is 3.94. The Morgan fingerprint density at radius 1 is 1.43 bits per heavy atom. The molecule has 0 aliphatic carbocycles. The number of rotatable bonds is 3. The molecule has 2 unspecified atom stereocenters. The quantitative estimate of drug-likeness (QED) is 0.941. The highest BCUT2D eigenvalue weighted by Gasteiger charge is 2.29. The molecule has 2 aromatic rings. The Bertz CT molecular complexity index is 638. The molecule has 1 aliphatic rings. The van der Waals surface area contributed by atoms with Gasteiger partial charge in [0.1, 0.15) is 17.7 Å². The van der Waals surface area contributed by atoms with Gasteiger partial charge in [0.15, 0.2) is 0 Å². The zero-order valence-electron chi connectivity index (χ0n) is 12.5. The second kappa shape index (κ2) is 5.48. The molecule has 1 aromatic heterocycles. The topological polar surface area (TPSA) is 39.1 Å². The molecule has 0 saturated heterocycles. The SMILES string of the molecule is CNC1CC(c2cnn(C(C)C)c2)Oc2cc(F)ccc21. The molecule has 1 aromatic carbocycles. The molecule has 0 amide bonds. The Labute approximate surface area is 123 Å². The summed E-state index contributed by atoms with van der Waals surface area (Å²) in [7, 11) is 1.91. The number of ether oxygens (including phenoxy) is 1. The van der Waals surface area contributed by atoms with Crippen LogP contribution in [0.3, 0.4) is 0 Å². The van der Waals surface area contributed by atoms with Crippen LogP contribution in [0, 0.1) is 5.82 Å². The second-order valence-corrected chi connectivity index (χ2v) is 5.71. The number of aromatic nitrogens is 2. The van der Waals surface area contributed by atoms with Gasteiger partial charge in [0.25, 0.3) is 0 Å². The number of fused-ring (bicyclic) bond motifs is 1. The Balaban J connectivity index is 1.92. The van der Waals surface area contributed by atoms with Crippen LogP contribution in [0.1, 0.15) is 49.6 Å². The van der Waals surface area contributed by atoms with Crippen molar-refractivity contribution in [1.29, 1.82) is 0 Å². The minimum absolute atomic E-state index is 0.107. The van der Waals surface area contributed by atoms with Crippen molar-refractivity contribution in [3.8, 4) is 5.75 Å². The summed E-state index contributed by atoms with van der Waals surface area (Å²) in [6.45, 7) is 4.17. The number of nitrogens with zero attached hydrogens (tertiary/aromatic N) is 2. The average molecular weight is 289 g/mol. The van der Waals surface area contributed by atoms with Gasteiger partial charge in [-0.15, -0.1) is 0 Å². The molecule has 0 radical (unpaired) electrons. The molecule has 4 nitrogen and oxygen atoms in total. The van der Waals surface area contributed by atoms with E-state index in [1.165, 1.54) is 12.1 Å². The van der Waals surface area contributed by atoms with Crippen molar-refractivity contribution in [2.45, 2.75) is 38.5 Å². The molecule has 1 aliphatic heterocycles. The molecule has 2 atom stereocenters. The van der Waals surface area contributed by atoms with E-state index in [4.69, 9.17) is 4.74 Å². The van der Waals surface area contributed by atoms with Crippen molar-refractivity contribution in [3.05, 3.63) is 47.5 Å². The molecule has 0 saturated carbocycles. The van der Waals surface area contributed by atoms with Gasteiger partial charge >= 0.3 is 0 Å². The van der Waals surface area contributed by atoms with E-state index in [9.17, 15) is 4.39 Å². The van der Waals surface area contributed by atoms with E-state index in [1.807, 2.05) is 24.1 Å². The van der Waals surface area contributed by atoms with E-state index < -0.39 is 0 Å². The molecule has 112 valence electrons. The maximum absolute atomic E-state index is 13.4. The molecule has 2 heterocycles. The molecule has 0 bridgehead atoms. The molecule has 0 fully saturated rings. The van der Waals surface area contributed by atoms with E-state index >= 15 is 0 Å². The molecule has 3 rings (SSSR count). The normalized spacial score (nSPS) is 21.2. The Morgan fingerprint density at radius 2 is 2.24 bits per heavy atom. The first-order chi connectivity index (χ1) is 10.1. The molecule has 21 heavy (non-hydrogen) atoms. The summed E-state index contributed by atoms with van der Waals surface area (Å²) in [5.74, 6) is 0.338. The van der Waals surface area contributed by atoms with Gasteiger partial charge in [0.2, 0.25) is 0 Å². The monoisotopic (exact) mass is 289 g/mol. The maximum atomic E-state index is 13.4. The van der Waals surface area contributed by atoms with Gasteiger partial charge in [-0.1, -0.05) is 6.07 Å². The third-order valence-corrected chi connectivity index (χ3v) is 3.94. The summed E-state index contributed by atoms with van der Waals surface area (Å²) >= 11 is 0. The molecule has 1 N–H and O–H groups in total. The van der Waals surface area contributed by atoms with E-state index in [1.54, 1.807) is 6.07 Å². The van der Waals surface area contributed by atoms with Crippen molar-refractivity contribution in [1.82, 2.24) is 15.1 Å². The number of halogens is 1. The van der Waals surface area contributed by atoms with Gasteiger partial charge < -0.3 is 10.1 Å². The summed E-state index contributed by atoms with van der Waals surface area (Å²) in [5.41, 5.74) is 2.03. The summed E-state index contributed by atoms with van der Waals surface area (Å²) in [6, 6.07) is 5.19. The first-order valence-electron chi connectivity index (χ1n) is 7.26. The van der Waals surface area contributed by atoms with Crippen molar-refractivity contribution >= 4 is 0 Å². The van der Waals surface area contributed by atoms with E-state index in [2.05, 4.69) is 24.3 Å². The maximum Gasteiger partial charge on any atom is 0.129 e. The predicted molar refractivity (Wildman–Crippen MR) is 78.8 cm³/mol. The van der Waals surface area contributed by atoms with Crippen LogP contribution < -0.4 is 10.1 Å². The van der Waals surface area contributed by atoms with Gasteiger partial charge in [-0.2, -0.15) is 5.10 Å². The number of benzene rings is 1. The predicted octanol–water partition coefficient (Wildman–Crippen LogP) is 3.39. The Kier molecular flexibility index (Phi) is 3.68. The fourth-order valence-corrected chi connectivity index (χ4v) is 2.72. The van der Waals surface area contributed by atoms with Crippen LogP contribution in [-0.4, -0.2) is 16.8 Å². The van der Waals surface area contributed by atoms with Crippen molar-refractivity contribution in [2.24, 2.45) is 0 Å². The largest absolute Gasteiger partial charge is 0.485 e. The van der Waals surface area contributed by atoms with Gasteiger partial charge in [-0.05, 0) is 27.0 Å². The second-order valence-electron chi connectivity index (χ2n) is 5.71. The fraction of sp³-hybridized carbons (Fsp3) is 0.438. The highest BCUT2D eigenvalue weighted by molar-refractivity contribution is 5.39. The zero-order chi connectivity index (χ0) is 15.0. The van der Waals surface area contributed by atoms with Gasteiger partial charge in [0.05, 0.1) is 6.20 Å². The van der Waals surface area contributed by atoms with Gasteiger partial charge in [-0.3, -0.25) is 4.68 Å². The highest BCUT2D eigenvalue weighted by atomic mass is 19.1. The number of hydrogen-bond donors (Lipinski definition) is 1. The summed E-state index contributed by atoms with van der Waals surface area (Å²) < 4.78 is 21.3. The number of hydrogen-bond acceptors (Lipinski definition) is 3. The lowest BCUT2D eigenvalue weighted by atomic mass is 9.94. The minimum Gasteiger partial charge on any atom is -0.485 e. The smallest absolute Gasteiger partial charge is 0.129 e. The number of nitrogens with one attached hydrogen (secondary N) is 1. The standard InChI is InChI=1S/C16H20FN3O/c1-10(2)20-9-11(8-19-20)15-7-14(18-3)13-5-4-12(17)6-16(13)21-15/h4-6,8-10,14-15,18H,7H2,1-3H3. The molecular weight excluding hydrogens is 269 g/mol. The van der Waals surface area contributed by atoms with Crippen molar-refractivity contribution in [3.63, 3.8) is 0 Å². The third kappa shape index (κ3) is 2.65. The first kappa shape index (κ1) is 14.1. The molecular formula is C16H20FN3O. The molecule has 5 heteroatoms. The van der Waals surface area contributed by atoms with Crippen LogP contribution in [0.15, 0.2) is 30.6 Å². The Hall–Kier alpha value is -1.88. The zero-order valence-corrected chi connectivity index (χ0v) is 12.5.